The van der Waals surface area contributed by atoms with Crippen molar-refractivity contribution >= 4 is 17.7 Å². The number of alkyl halides is 2. The Labute approximate surface area is 127 Å². The first kappa shape index (κ1) is 17.9. The number of rotatable bonds is 4. The zero-order valence-corrected chi connectivity index (χ0v) is 12.9. The number of halogens is 2. The first-order valence-corrected chi connectivity index (χ1v) is 6.72. The Kier molecular flexibility index (Phi) is 5.46. The van der Waals surface area contributed by atoms with E-state index < -0.39 is 29.1 Å². The molecule has 7 heteroatoms. The molecule has 1 amide bonds. The highest BCUT2D eigenvalue weighted by molar-refractivity contribution is 5.86. The van der Waals surface area contributed by atoms with E-state index in [1.807, 2.05) is 0 Å². The zero-order chi connectivity index (χ0) is 17.0. The molecule has 0 spiro atoms. The van der Waals surface area contributed by atoms with Crippen molar-refractivity contribution in [3.8, 4) is 0 Å². The number of ether oxygens (including phenoxy) is 2. The third-order valence-corrected chi connectivity index (χ3v) is 2.40. The molecule has 0 aliphatic heterocycles. The molecule has 0 saturated heterocycles. The van der Waals surface area contributed by atoms with Crippen molar-refractivity contribution < 1.29 is 27.8 Å². The summed E-state index contributed by atoms with van der Waals surface area (Å²) in [4.78, 5) is 22.9. The van der Waals surface area contributed by atoms with Crippen molar-refractivity contribution in [1.82, 2.24) is 0 Å². The summed E-state index contributed by atoms with van der Waals surface area (Å²) in [5.74, 6) is -5.42. The molecule has 0 aromatic heterocycles. The maximum Gasteiger partial charge on any atom is 0.412 e. The monoisotopic (exact) mass is 315 g/mol. The van der Waals surface area contributed by atoms with E-state index in [0.717, 1.165) is 12.1 Å². The van der Waals surface area contributed by atoms with Gasteiger partial charge in [0.05, 0.1) is 6.61 Å². The molecule has 22 heavy (non-hydrogen) atoms. The number of nitrogens with one attached hydrogen (secondary N) is 1. The summed E-state index contributed by atoms with van der Waals surface area (Å²) in [7, 11) is 0. The van der Waals surface area contributed by atoms with Crippen molar-refractivity contribution in [2.24, 2.45) is 0 Å². The van der Waals surface area contributed by atoms with Gasteiger partial charge in [-0.2, -0.15) is 8.78 Å². The molecule has 0 aliphatic rings. The van der Waals surface area contributed by atoms with Crippen molar-refractivity contribution in [3.63, 3.8) is 0 Å². The van der Waals surface area contributed by atoms with Crippen LogP contribution in [0.4, 0.5) is 19.3 Å². The molecule has 1 rings (SSSR count). The van der Waals surface area contributed by atoms with Crippen molar-refractivity contribution in [1.29, 1.82) is 0 Å². The highest BCUT2D eigenvalue weighted by Crippen LogP contribution is 2.31. The average molecular weight is 315 g/mol. The fourth-order valence-electron chi connectivity index (χ4n) is 1.55. The summed E-state index contributed by atoms with van der Waals surface area (Å²) >= 11 is 0. The fraction of sp³-hybridized carbons (Fsp3) is 0.467. The molecule has 0 atom stereocenters. The fourth-order valence-corrected chi connectivity index (χ4v) is 1.55. The first-order valence-electron chi connectivity index (χ1n) is 6.72. The van der Waals surface area contributed by atoms with Crippen LogP contribution in [0.5, 0.6) is 0 Å². The molecule has 0 unspecified atom stereocenters. The molecule has 1 aromatic carbocycles. The van der Waals surface area contributed by atoms with Gasteiger partial charge in [0.25, 0.3) is 0 Å². The van der Waals surface area contributed by atoms with E-state index in [1.165, 1.54) is 19.1 Å². The van der Waals surface area contributed by atoms with E-state index in [4.69, 9.17) is 4.74 Å². The normalized spacial score (nSPS) is 11.7. The maximum atomic E-state index is 13.9. The lowest BCUT2D eigenvalue weighted by Crippen LogP contribution is -2.29. The minimum atomic E-state index is -3.79. The molecule has 1 aromatic rings. The molecule has 1 N–H and O–H groups in total. The van der Waals surface area contributed by atoms with Gasteiger partial charge in [-0.1, -0.05) is 12.1 Å². The Balaban J connectivity index is 2.90. The number of carbonyl (C=O) groups excluding carboxylic acids is 2. The standard InChI is InChI=1S/C15H19F2NO4/c1-5-21-12(19)15(16,17)10-7-6-8-11(9-10)18-13(20)22-14(2,3)4/h6-9H,5H2,1-4H3,(H,18,20). The Hall–Kier alpha value is -2.18. The lowest BCUT2D eigenvalue weighted by molar-refractivity contribution is -0.173. The minimum Gasteiger partial charge on any atom is -0.461 e. The van der Waals surface area contributed by atoms with E-state index in [1.54, 1.807) is 20.8 Å². The molecule has 0 aliphatic carbocycles. The zero-order valence-electron chi connectivity index (χ0n) is 12.9. The number of hydrogen-bond donors (Lipinski definition) is 1. The van der Waals surface area contributed by atoms with E-state index in [2.05, 4.69) is 10.1 Å². The average Bonchev–Trinajstić information content (AvgIpc) is 2.36. The highest BCUT2D eigenvalue weighted by atomic mass is 19.3. The quantitative estimate of drug-likeness (QED) is 0.861. The summed E-state index contributed by atoms with van der Waals surface area (Å²) in [6, 6.07) is 4.79. The second-order valence-electron chi connectivity index (χ2n) is 5.50. The van der Waals surface area contributed by atoms with E-state index in [0.29, 0.717) is 0 Å². The van der Waals surface area contributed by atoms with E-state index >= 15 is 0 Å². The molecule has 0 heterocycles. The predicted octanol–water partition coefficient (Wildman–Crippen LogP) is 3.69. The number of amides is 1. The van der Waals surface area contributed by atoms with Crippen LogP contribution < -0.4 is 5.32 Å². The van der Waals surface area contributed by atoms with Gasteiger partial charge in [-0.05, 0) is 39.8 Å². The largest absolute Gasteiger partial charge is 0.461 e. The van der Waals surface area contributed by atoms with Crippen LogP contribution in [0, 0.1) is 0 Å². The number of benzene rings is 1. The topological polar surface area (TPSA) is 64.6 Å². The Bertz CT molecular complexity index is 553. The van der Waals surface area contributed by atoms with Crippen LogP contribution in [0.1, 0.15) is 33.3 Å². The van der Waals surface area contributed by atoms with Gasteiger partial charge in [0.1, 0.15) is 5.60 Å². The van der Waals surface area contributed by atoms with Gasteiger partial charge in [0.15, 0.2) is 0 Å². The van der Waals surface area contributed by atoms with Crippen LogP contribution in [-0.2, 0) is 20.2 Å². The van der Waals surface area contributed by atoms with Crippen molar-refractivity contribution in [2.75, 3.05) is 11.9 Å². The number of carbonyl (C=O) groups is 2. The van der Waals surface area contributed by atoms with E-state index in [-0.39, 0.29) is 12.3 Å². The van der Waals surface area contributed by atoms with Crippen LogP contribution in [0.3, 0.4) is 0 Å². The van der Waals surface area contributed by atoms with Crippen molar-refractivity contribution in [2.45, 2.75) is 39.2 Å². The third-order valence-electron chi connectivity index (χ3n) is 2.40. The summed E-state index contributed by atoms with van der Waals surface area (Å²) in [6.45, 7) is 6.33. The SMILES string of the molecule is CCOC(=O)C(F)(F)c1cccc(NC(=O)OC(C)(C)C)c1. The van der Waals surface area contributed by atoms with Gasteiger partial charge in [0, 0.05) is 11.3 Å². The maximum absolute atomic E-state index is 13.9. The van der Waals surface area contributed by atoms with Gasteiger partial charge >= 0.3 is 18.0 Å². The Morgan fingerprint density at radius 2 is 1.86 bits per heavy atom. The molecule has 0 radical (unpaired) electrons. The highest BCUT2D eigenvalue weighted by Gasteiger charge is 2.42. The molecular weight excluding hydrogens is 296 g/mol. The second kappa shape index (κ2) is 6.72. The third kappa shape index (κ3) is 4.98. The van der Waals surface area contributed by atoms with Gasteiger partial charge in [-0.25, -0.2) is 9.59 Å². The van der Waals surface area contributed by atoms with Crippen molar-refractivity contribution in [3.05, 3.63) is 29.8 Å². The minimum absolute atomic E-state index is 0.0933. The predicted molar refractivity (Wildman–Crippen MR) is 76.8 cm³/mol. The van der Waals surface area contributed by atoms with Crippen LogP contribution in [0.15, 0.2) is 24.3 Å². The summed E-state index contributed by atoms with van der Waals surface area (Å²) < 4.78 is 37.2. The summed E-state index contributed by atoms with van der Waals surface area (Å²) in [5, 5.41) is 2.34. The number of anilines is 1. The molecule has 0 saturated carbocycles. The molecule has 0 fully saturated rings. The second-order valence-corrected chi connectivity index (χ2v) is 5.50. The van der Waals surface area contributed by atoms with Gasteiger partial charge in [-0.3, -0.25) is 5.32 Å². The van der Waals surface area contributed by atoms with Gasteiger partial charge < -0.3 is 9.47 Å². The summed E-state index contributed by atoms with van der Waals surface area (Å²) in [5.41, 5.74) is -1.19. The summed E-state index contributed by atoms with van der Waals surface area (Å²) in [6.07, 6.45) is -0.774. The van der Waals surface area contributed by atoms with E-state index in [9.17, 15) is 18.4 Å². The molecule has 5 nitrogen and oxygen atoms in total. The van der Waals surface area contributed by atoms with Crippen LogP contribution >= 0.6 is 0 Å². The molecular formula is C15H19F2NO4. The smallest absolute Gasteiger partial charge is 0.412 e. The molecule has 0 bridgehead atoms. The lowest BCUT2D eigenvalue weighted by atomic mass is 10.1. The van der Waals surface area contributed by atoms with Crippen LogP contribution in [0.2, 0.25) is 0 Å². The van der Waals surface area contributed by atoms with Gasteiger partial charge in [-0.15, -0.1) is 0 Å². The van der Waals surface area contributed by atoms with Crippen LogP contribution in [0.25, 0.3) is 0 Å². The molecule has 122 valence electrons. The first-order chi connectivity index (χ1) is 10.1. The van der Waals surface area contributed by atoms with Crippen LogP contribution in [-0.4, -0.2) is 24.3 Å². The number of hydrogen-bond acceptors (Lipinski definition) is 4. The lowest BCUT2D eigenvalue weighted by Gasteiger charge is -2.20. The number of esters is 1. The Morgan fingerprint density at radius 1 is 1.23 bits per heavy atom. The van der Waals surface area contributed by atoms with Gasteiger partial charge in [0.2, 0.25) is 0 Å². The Morgan fingerprint density at radius 3 is 2.41 bits per heavy atom.